The van der Waals surface area contributed by atoms with E-state index in [9.17, 15) is 4.39 Å². The summed E-state index contributed by atoms with van der Waals surface area (Å²) in [4.78, 5) is 6.58. The van der Waals surface area contributed by atoms with Gasteiger partial charge in [0.15, 0.2) is 5.11 Å². The molecule has 1 N–H and O–H groups in total. The van der Waals surface area contributed by atoms with Gasteiger partial charge in [-0.25, -0.2) is 4.39 Å². The van der Waals surface area contributed by atoms with E-state index in [0.717, 1.165) is 16.9 Å². The first-order chi connectivity index (χ1) is 15.5. The molecule has 2 aromatic carbocycles. The van der Waals surface area contributed by atoms with Crippen molar-refractivity contribution in [2.75, 3.05) is 4.90 Å². The molecule has 0 bridgehead atoms. The summed E-state index contributed by atoms with van der Waals surface area (Å²) in [7, 11) is 0. The van der Waals surface area contributed by atoms with Crippen LogP contribution in [0.2, 0.25) is 0 Å². The van der Waals surface area contributed by atoms with Gasteiger partial charge in [0.2, 0.25) is 0 Å². The topological polar surface area (TPSA) is 41.3 Å². The van der Waals surface area contributed by atoms with Crippen molar-refractivity contribution in [2.24, 2.45) is 0 Å². The first-order valence-electron chi connectivity index (χ1n) is 10.1. The molecule has 3 heterocycles. The second kappa shape index (κ2) is 8.48. The molecular weight excluding hydrogens is 489 g/mol. The number of rotatable bonds is 4. The van der Waals surface area contributed by atoms with Crippen LogP contribution in [0.4, 0.5) is 10.1 Å². The number of aryl methyl sites for hydroxylation is 1. The molecule has 1 fully saturated rings. The van der Waals surface area contributed by atoms with Gasteiger partial charge in [0.05, 0.1) is 17.3 Å². The average molecular weight is 508 g/mol. The zero-order chi connectivity index (χ0) is 22.2. The van der Waals surface area contributed by atoms with Gasteiger partial charge in [-0.05, 0) is 73.7 Å². The second-order valence-corrected chi connectivity index (χ2v) is 8.96. The predicted molar refractivity (Wildman–Crippen MR) is 131 cm³/mol. The summed E-state index contributed by atoms with van der Waals surface area (Å²) < 4.78 is 21.5. The molecule has 1 aliphatic heterocycles. The molecule has 0 spiro atoms. The number of halogens is 2. The van der Waals surface area contributed by atoms with E-state index >= 15 is 0 Å². The van der Waals surface area contributed by atoms with Crippen LogP contribution >= 0.6 is 28.1 Å². The van der Waals surface area contributed by atoms with Crippen molar-refractivity contribution in [3.8, 4) is 11.3 Å². The second-order valence-electron chi connectivity index (χ2n) is 7.66. The maximum absolute atomic E-state index is 14.6. The Morgan fingerprint density at radius 1 is 1.06 bits per heavy atom. The highest BCUT2D eigenvalue weighted by Gasteiger charge is 2.42. The number of nitrogens with one attached hydrogen (secondary N) is 1. The highest BCUT2D eigenvalue weighted by Crippen LogP contribution is 2.43. The first kappa shape index (κ1) is 20.8. The molecule has 0 saturated carbocycles. The van der Waals surface area contributed by atoms with Crippen LogP contribution in [-0.2, 0) is 0 Å². The number of hydrogen-bond acceptors (Lipinski definition) is 3. The van der Waals surface area contributed by atoms with E-state index in [1.54, 1.807) is 24.4 Å². The molecule has 1 saturated heterocycles. The summed E-state index contributed by atoms with van der Waals surface area (Å²) in [6.07, 6.45) is 1.76. The quantitative estimate of drug-likeness (QED) is 0.310. The lowest BCUT2D eigenvalue weighted by atomic mass is 10.0. The van der Waals surface area contributed by atoms with Gasteiger partial charge in [-0.1, -0.05) is 39.7 Å². The molecule has 2 aromatic heterocycles. The minimum Gasteiger partial charge on any atom is -0.459 e. The highest BCUT2D eigenvalue weighted by molar-refractivity contribution is 9.10. The van der Waals surface area contributed by atoms with Gasteiger partial charge in [-0.2, -0.15) is 0 Å². The van der Waals surface area contributed by atoms with Crippen LogP contribution in [0.5, 0.6) is 0 Å². The molecule has 32 heavy (non-hydrogen) atoms. The van der Waals surface area contributed by atoms with Crippen molar-refractivity contribution in [2.45, 2.75) is 19.0 Å². The van der Waals surface area contributed by atoms with E-state index in [1.165, 1.54) is 6.07 Å². The third-order valence-electron chi connectivity index (χ3n) is 5.53. The molecular formula is C25H19BrFN3OS. The number of pyridine rings is 1. The largest absolute Gasteiger partial charge is 0.459 e. The maximum Gasteiger partial charge on any atom is 0.174 e. The van der Waals surface area contributed by atoms with Crippen molar-refractivity contribution < 1.29 is 8.81 Å². The SMILES string of the molecule is Cc1ccc(N2C(=S)N[C@@H](c3ccccn3)[C@@H]2c2ccc(-c3ccc(Br)cc3F)o2)cc1. The van der Waals surface area contributed by atoms with Crippen LogP contribution in [0.25, 0.3) is 11.3 Å². The van der Waals surface area contributed by atoms with Crippen molar-refractivity contribution >= 4 is 38.9 Å². The predicted octanol–water partition coefficient (Wildman–Crippen LogP) is 6.73. The smallest absolute Gasteiger partial charge is 0.174 e. The average Bonchev–Trinajstić information content (AvgIpc) is 3.39. The molecule has 4 aromatic rings. The number of aromatic nitrogens is 1. The fraction of sp³-hybridized carbons (Fsp3) is 0.120. The summed E-state index contributed by atoms with van der Waals surface area (Å²) in [5, 5.41) is 3.99. The van der Waals surface area contributed by atoms with Gasteiger partial charge in [-0.15, -0.1) is 0 Å². The van der Waals surface area contributed by atoms with Crippen LogP contribution in [-0.4, -0.2) is 10.1 Å². The van der Waals surface area contributed by atoms with Gasteiger partial charge in [0, 0.05) is 16.4 Å². The highest BCUT2D eigenvalue weighted by atomic mass is 79.9. The van der Waals surface area contributed by atoms with Gasteiger partial charge in [-0.3, -0.25) is 4.98 Å². The molecule has 2 atom stereocenters. The van der Waals surface area contributed by atoms with E-state index in [-0.39, 0.29) is 17.9 Å². The monoisotopic (exact) mass is 507 g/mol. The van der Waals surface area contributed by atoms with Crippen molar-refractivity contribution in [1.29, 1.82) is 0 Å². The fourth-order valence-corrected chi connectivity index (χ4v) is 4.65. The number of hydrogen-bond donors (Lipinski definition) is 1. The molecule has 0 unspecified atom stereocenters. The Morgan fingerprint density at radius 3 is 2.59 bits per heavy atom. The summed E-state index contributed by atoms with van der Waals surface area (Å²) in [5.41, 5.74) is 3.37. The summed E-state index contributed by atoms with van der Waals surface area (Å²) >= 11 is 9.03. The van der Waals surface area contributed by atoms with Crippen LogP contribution in [0.15, 0.2) is 87.9 Å². The number of furan rings is 1. The van der Waals surface area contributed by atoms with Gasteiger partial charge in [0.1, 0.15) is 23.4 Å². The standard InChI is InChI=1S/C25H19BrFN3OS/c1-15-5-8-17(9-6-15)30-24(23(29-25(30)32)20-4-2-3-13-28-20)22-12-11-21(31-22)18-10-7-16(26)14-19(18)27/h2-14,23-24H,1H3,(H,29,32)/t23-,24-/m0/s1. The molecule has 0 radical (unpaired) electrons. The molecule has 160 valence electrons. The molecule has 5 rings (SSSR count). The Labute approximate surface area is 199 Å². The Kier molecular flexibility index (Phi) is 5.53. The van der Waals surface area contributed by atoms with Gasteiger partial charge >= 0.3 is 0 Å². The lowest BCUT2D eigenvalue weighted by Crippen LogP contribution is -2.29. The Balaban J connectivity index is 1.60. The van der Waals surface area contributed by atoms with Crippen molar-refractivity contribution in [1.82, 2.24) is 10.3 Å². The lowest BCUT2D eigenvalue weighted by molar-refractivity contribution is 0.438. The van der Waals surface area contributed by atoms with Crippen LogP contribution in [0.1, 0.15) is 29.1 Å². The van der Waals surface area contributed by atoms with Crippen molar-refractivity contribution in [3.05, 3.63) is 106 Å². The molecule has 1 aliphatic rings. The van der Waals surface area contributed by atoms with Crippen LogP contribution in [0.3, 0.4) is 0 Å². The third-order valence-corrected chi connectivity index (χ3v) is 6.33. The maximum atomic E-state index is 14.6. The minimum atomic E-state index is -0.350. The first-order valence-corrected chi connectivity index (χ1v) is 11.3. The molecule has 0 aliphatic carbocycles. The summed E-state index contributed by atoms with van der Waals surface area (Å²) in [5.74, 6) is 0.786. The summed E-state index contributed by atoms with van der Waals surface area (Å²) in [6, 6.07) is 22.1. The van der Waals surface area contributed by atoms with Crippen LogP contribution < -0.4 is 10.2 Å². The Hall–Kier alpha value is -3.03. The Morgan fingerprint density at radius 2 is 1.88 bits per heavy atom. The number of benzene rings is 2. The van der Waals surface area contributed by atoms with Crippen molar-refractivity contribution in [3.63, 3.8) is 0 Å². The van der Waals surface area contributed by atoms with Crippen LogP contribution in [0, 0.1) is 12.7 Å². The molecule has 4 nitrogen and oxygen atoms in total. The van der Waals surface area contributed by atoms with E-state index in [2.05, 4.69) is 26.2 Å². The van der Waals surface area contributed by atoms with E-state index in [4.69, 9.17) is 16.6 Å². The van der Waals surface area contributed by atoms with Gasteiger partial charge < -0.3 is 14.6 Å². The Bertz CT molecular complexity index is 1280. The minimum absolute atomic E-state index is 0.223. The van der Waals surface area contributed by atoms with Gasteiger partial charge in [0.25, 0.3) is 0 Å². The third kappa shape index (κ3) is 3.82. The van der Waals surface area contributed by atoms with E-state index < -0.39 is 0 Å². The zero-order valence-corrected chi connectivity index (χ0v) is 19.5. The van der Waals surface area contributed by atoms with E-state index in [0.29, 0.717) is 26.7 Å². The zero-order valence-electron chi connectivity index (χ0n) is 17.1. The molecule has 7 heteroatoms. The number of anilines is 1. The normalized spacial score (nSPS) is 18.1. The molecule has 0 amide bonds. The number of nitrogens with zero attached hydrogens (tertiary/aromatic N) is 2. The van der Waals surface area contributed by atoms with E-state index in [1.807, 2.05) is 60.4 Å². The number of thiocarbonyl (C=S) groups is 1. The fourth-order valence-electron chi connectivity index (χ4n) is 3.97. The summed E-state index contributed by atoms with van der Waals surface area (Å²) in [6.45, 7) is 2.05. The lowest BCUT2D eigenvalue weighted by Gasteiger charge is -2.26.